The number of para-hydroxylation sites is 2. The Kier molecular flexibility index (Phi) is 7.87. The van der Waals surface area contributed by atoms with Crippen LogP contribution in [0, 0.1) is 13.8 Å². The third-order valence-electron chi connectivity index (χ3n) is 4.78. The number of carbonyl (C=O) groups is 2. The Bertz CT molecular complexity index is 1080. The highest BCUT2D eigenvalue weighted by molar-refractivity contribution is 6.32. The van der Waals surface area contributed by atoms with E-state index in [0.29, 0.717) is 22.2 Å². The molecule has 0 aliphatic rings. The summed E-state index contributed by atoms with van der Waals surface area (Å²) in [6.45, 7) is 4.08. The first-order chi connectivity index (χ1) is 15.3. The summed E-state index contributed by atoms with van der Waals surface area (Å²) in [6, 6.07) is 20.1. The lowest BCUT2D eigenvalue weighted by Gasteiger charge is -2.17. The van der Waals surface area contributed by atoms with Gasteiger partial charge in [0.05, 0.1) is 18.1 Å². The number of ether oxygens (including phenoxy) is 1. The van der Waals surface area contributed by atoms with Gasteiger partial charge in [-0.15, -0.1) is 0 Å². The molecule has 2 N–H and O–H groups in total. The van der Waals surface area contributed by atoms with E-state index in [-0.39, 0.29) is 24.9 Å². The number of hydrogen-bond acceptors (Lipinski definition) is 4. The zero-order valence-corrected chi connectivity index (χ0v) is 19.1. The third kappa shape index (κ3) is 6.57. The fraction of sp³-hybridized carbons (Fsp3) is 0.200. The van der Waals surface area contributed by atoms with Crippen LogP contribution in [-0.4, -0.2) is 36.9 Å². The fourth-order valence-electron chi connectivity index (χ4n) is 3.20. The van der Waals surface area contributed by atoms with E-state index >= 15 is 0 Å². The van der Waals surface area contributed by atoms with Crippen LogP contribution >= 0.6 is 11.6 Å². The predicted octanol–water partition coefficient (Wildman–Crippen LogP) is 5.26. The van der Waals surface area contributed by atoms with Gasteiger partial charge in [-0.3, -0.25) is 14.5 Å². The number of amides is 2. The second kappa shape index (κ2) is 10.8. The standard InChI is InChI=1S/C25H26ClN3O3/c1-17-7-6-8-18(2)25(17)28-24(31)16-29(3)15-23(30)27-19-11-13-20(14-12-19)32-22-10-5-4-9-21(22)26/h4-14H,15-16H2,1-3H3,(H,27,30)(H,28,31). The topological polar surface area (TPSA) is 70.7 Å². The van der Waals surface area contributed by atoms with Crippen molar-refractivity contribution in [2.24, 2.45) is 0 Å². The fourth-order valence-corrected chi connectivity index (χ4v) is 3.37. The van der Waals surface area contributed by atoms with Crippen LogP contribution in [0.2, 0.25) is 5.02 Å². The van der Waals surface area contributed by atoms with E-state index in [0.717, 1.165) is 16.8 Å². The molecule has 0 spiro atoms. The van der Waals surface area contributed by atoms with E-state index in [9.17, 15) is 9.59 Å². The van der Waals surface area contributed by atoms with E-state index in [4.69, 9.17) is 16.3 Å². The molecule has 0 heterocycles. The molecule has 6 nitrogen and oxygen atoms in total. The third-order valence-corrected chi connectivity index (χ3v) is 5.09. The normalized spacial score (nSPS) is 10.7. The first kappa shape index (κ1) is 23.3. The molecule has 0 unspecified atom stereocenters. The molecular weight excluding hydrogens is 426 g/mol. The molecule has 0 saturated carbocycles. The minimum Gasteiger partial charge on any atom is -0.456 e. The van der Waals surface area contributed by atoms with Crippen LogP contribution in [0.5, 0.6) is 11.5 Å². The average molecular weight is 452 g/mol. The molecule has 0 radical (unpaired) electrons. The highest BCUT2D eigenvalue weighted by atomic mass is 35.5. The van der Waals surface area contributed by atoms with Crippen molar-refractivity contribution in [1.82, 2.24) is 4.90 Å². The molecule has 7 heteroatoms. The van der Waals surface area contributed by atoms with E-state index in [1.54, 1.807) is 48.3 Å². The van der Waals surface area contributed by atoms with E-state index < -0.39 is 0 Å². The monoisotopic (exact) mass is 451 g/mol. The van der Waals surface area contributed by atoms with Crippen LogP contribution in [0.15, 0.2) is 66.7 Å². The number of nitrogens with zero attached hydrogens (tertiary/aromatic N) is 1. The second-order valence-corrected chi connectivity index (χ2v) is 8.00. The van der Waals surface area contributed by atoms with Gasteiger partial charge < -0.3 is 15.4 Å². The van der Waals surface area contributed by atoms with Crippen LogP contribution in [0.4, 0.5) is 11.4 Å². The smallest absolute Gasteiger partial charge is 0.238 e. The predicted molar refractivity (Wildman–Crippen MR) is 129 cm³/mol. The molecule has 0 atom stereocenters. The summed E-state index contributed by atoms with van der Waals surface area (Å²) >= 11 is 6.10. The maximum Gasteiger partial charge on any atom is 0.238 e. The average Bonchev–Trinajstić information content (AvgIpc) is 2.73. The van der Waals surface area contributed by atoms with Gasteiger partial charge in [-0.2, -0.15) is 0 Å². The maximum atomic E-state index is 12.4. The molecule has 2 amide bonds. The molecule has 32 heavy (non-hydrogen) atoms. The molecule has 0 aliphatic heterocycles. The SMILES string of the molecule is Cc1cccc(C)c1NC(=O)CN(C)CC(=O)Nc1ccc(Oc2ccccc2Cl)cc1. The molecule has 166 valence electrons. The highest BCUT2D eigenvalue weighted by Gasteiger charge is 2.13. The Morgan fingerprint density at radius 1 is 0.844 bits per heavy atom. The molecule has 3 aromatic rings. The van der Waals surface area contributed by atoms with Gasteiger partial charge in [-0.05, 0) is 68.4 Å². The summed E-state index contributed by atoms with van der Waals surface area (Å²) in [5, 5.41) is 6.27. The summed E-state index contributed by atoms with van der Waals surface area (Å²) in [6.07, 6.45) is 0. The van der Waals surface area contributed by atoms with Gasteiger partial charge in [-0.1, -0.05) is 41.9 Å². The first-order valence-corrected chi connectivity index (χ1v) is 10.6. The van der Waals surface area contributed by atoms with Crippen molar-refractivity contribution in [3.63, 3.8) is 0 Å². The zero-order valence-electron chi connectivity index (χ0n) is 18.3. The van der Waals surface area contributed by atoms with Gasteiger partial charge in [0.25, 0.3) is 0 Å². The summed E-state index contributed by atoms with van der Waals surface area (Å²) in [5.74, 6) is 0.786. The van der Waals surface area contributed by atoms with Crippen LogP contribution in [0.25, 0.3) is 0 Å². The van der Waals surface area contributed by atoms with Gasteiger partial charge in [0.2, 0.25) is 11.8 Å². The summed E-state index contributed by atoms with van der Waals surface area (Å²) in [4.78, 5) is 26.4. The van der Waals surface area contributed by atoms with Crippen molar-refractivity contribution in [3.8, 4) is 11.5 Å². The van der Waals surface area contributed by atoms with Crippen LogP contribution in [0.3, 0.4) is 0 Å². The Hall–Kier alpha value is -3.35. The summed E-state index contributed by atoms with van der Waals surface area (Å²) in [5.41, 5.74) is 3.45. The van der Waals surface area contributed by atoms with Crippen LogP contribution < -0.4 is 15.4 Å². The number of likely N-dealkylation sites (N-methyl/N-ethyl adjacent to an activating group) is 1. The summed E-state index contributed by atoms with van der Waals surface area (Å²) < 4.78 is 5.75. The Labute approximate surface area is 193 Å². The number of nitrogens with one attached hydrogen (secondary N) is 2. The van der Waals surface area contributed by atoms with Crippen molar-refractivity contribution >= 4 is 34.8 Å². The lowest BCUT2D eigenvalue weighted by atomic mass is 10.1. The van der Waals surface area contributed by atoms with E-state index in [2.05, 4.69) is 10.6 Å². The molecule has 3 aromatic carbocycles. The lowest BCUT2D eigenvalue weighted by Crippen LogP contribution is -2.36. The largest absolute Gasteiger partial charge is 0.456 e. The van der Waals surface area contributed by atoms with Gasteiger partial charge in [0.1, 0.15) is 11.5 Å². The minimum absolute atomic E-state index is 0.0814. The lowest BCUT2D eigenvalue weighted by molar-refractivity contribution is -0.119. The van der Waals surface area contributed by atoms with Crippen molar-refractivity contribution < 1.29 is 14.3 Å². The van der Waals surface area contributed by atoms with Gasteiger partial charge >= 0.3 is 0 Å². The summed E-state index contributed by atoms with van der Waals surface area (Å²) in [7, 11) is 1.73. The highest BCUT2D eigenvalue weighted by Crippen LogP contribution is 2.29. The zero-order chi connectivity index (χ0) is 23.1. The maximum absolute atomic E-state index is 12.4. The van der Waals surface area contributed by atoms with E-state index in [1.807, 2.05) is 44.2 Å². The quantitative estimate of drug-likeness (QED) is 0.490. The first-order valence-electron chi connectivity index (χ1n) is 10.2. The molecule has 0 bridgehead atoms. The van der Waals surface area contributed by atoms with Gasteiger partial charge in [0, 0.05) is 11.4 Å². The second-order valence-electron chi connectivity index (χ2n) is 7.59. The number of aryl methyl sites for hydroxylation is 2. The number of benzene rings is 3. The molecule has 0 fully saturated rings. The number of hydrogen-bond donors (Lipinski definition) is 2. The number of halogens is 1. The van der Waals surface area contributed by atoms with Crippen molar-refractivity contribution in [2.75, 3.05) is 30.8 Å². The van der Waals surface area contributed by atoms with Gasteiger partial charge in [0.15, 0.2) is 0 Å². The molecule has 0 aromatic heterocycles. The van der Waals surface area contributed by atoms with Crippen LogP contribution in [0.1, 0.15) is 11.1 Å². The Morgan fingerprint density at radius 2 is 1.44 bits per heavy atom. The number of rotatable bonds is 8. The number of carbonyl (C=O) groups excluding carboxylic acids is 2. The van der Waals surface area contributed by atoms with E-state index in [1.165, 1.54) is 0 Å². The van der Waals surface area contributed by atoms with Gasteiger partial charge in [-0.25, -0.2) is 0 Å². The molecule has 3 rings (SSSR count). The Morgan fingerprint density at radius 3 is 2.06 bits per heavy atom. The molecule has 0 aliphatic carbocycles. The molecule has 0 saturated heterocycles. The van der Waals surface area contributed by atoms with Crippen molar-refractivity contribution in [3.05, 3.63) is 82.9 Å². The molecular formula is C25H26ClN3O3. The van der Waals surface area contributed by atoms with Crippen molar-refractivity contribution in [2.45, 2.75) is 13.8 Å². The van der Waals surface area contributed by atoms with Crippen molar-refractivity contribution in [1.29, 1.82) is 0 Å². The minimum atomic E-state index is -0.216. The number of anilines is 2. The van der Waals surface area contributed by atoms with Crippen LogP contribution in [-0.2, 0) is 9.59 Å². The Balaban J connectivity index is 1.48.